The topological polar surface area (TPSA) is 129 Å². The highest BCUT2D eigenvalue weighted by atomic mass is 16.3. The van der Waals surface area contributed by atoms with Crippen LogP contribution in [0.3, 0.4) is 0 Å². The summed E-state index contributed by atoms with van der Waals surface area (Å²) in [6, 6.07) is -1.03. The number of Topliss-reactive ketones (excluding diaryl/α,β-unsaturated/α-hetero) is 5. The van der Waals surface area contributed by atoms with Crippen LogP contribution in [0.2, 0.25) is 0 Å². The molecule has 1 fully saturated rings. The Morgan fingerprint density at radius 1 is 1.09 bits per heavy atom. The molecule has 0 aliphatic heterocycles. The molecule has 5 unspecified atom stereocenters. The molecule has 4 aliphatic rings. The molecule has 2 N–H and O–H groups in total. The van der Waals surface area contributed by atoms with Crippen molar-refractivity contribution in [2.45, 2.75) is 38.8 Å². The number of nitrogens with zero attached hydrogens (tertiary/aromatic N) is 1. The summed E-state index contributed by atoms with van der Waals surface area (Å²) >= 11 is 0. The monoisotopic (exact) mass is 439 g/mol. The number of hydrogen-bond acceptors (Lipinski definition) is 8. The molecule has 8 heteroatoms. The second-order valence-corrected chi connectivity index (χ2v) is 9.26. The van der Waals surface area contributed by atoms with Crippen LogP contribution in [0.25, 0.3) is 0 Å². The average Bonchev–Trinajstić information content (AvgIpc) is 2.70. The molecule has 0 radical (unpaired) electrons. The van der Waals surface area contributed by atoms with E-state index in [2.05, 4.69) is 0 Å². The third-order valence-corrected chi connectivity index (χ3v) is 7.29. The van der Waals surface area contributed by atoms with Crippen molar-refractivity contribution in [1.82, 2.24) is 4.90 Å². The maximum Gasteiger partial charge on any atom is 0.190 e. The molecule has 168 valence electrons. The molecule has 8 nitrogen and oxygen atoms in total. The highest BCUT2D eigenvalue weighted by Crippen LogP contribution is 2.52. The van der Waals surface area contributed by atoms with E-state index in [-0.39, 0.29) is 12.0 Å². The zero-order chi connectivity index (χ0) is 23.9. The van der Waals surface area contributed by atoms with Gasteiger partial charge in [0.25, 0.3) is 0 Å². The van der Waals surface area contributed by atoms with Gasteiger partial charge in [0.15, 0.2) is 28.7 Å². The van der Waals surface area contributed by atoms with Gasteiger partial charge in [-0.15, -0.1) is 0 Å². The molecule has 5 atom stereocenters. The Kier molecular flexibility index (Phi) is 4.87. The van der Waals surface area contributed by atoms with E-state index in [1.54, 1.807) is 40.1 Å². The van der Waals surface area contributed by atoms with Crippen LogP contribution >= 0.6 is 0 Å². The fourth-order valence-corrected chi connectivity index (χ4v) is 5.62. The predicted molar refractivity (Wildman–Crippen MR) is 112 cm³/mol. The molecule has 4 aliphatic carbocycles. The largest absolute Gasteiger partial charge is 0.508 e. The first-order chi connectivity index (χ1) is 14.8. The van der Waals surface area contributed by atoms with Crippen LogP contribution in [0.5, 0.6) is 0 Å². The molecule has 0 aromatic rings. The molecule has 0 aromatic heterocycles. The highest BCUT2D eigenvalue weighted by Gasteiger charge is 2.65. The van der Waals surface area contributed by atoms with Gasteiger partial charge in [-0.3, -0.25) is 28.9 Å². The Morgan fingerprint density at radius 2 is 1.72 bits per heavy atom. The van der Waals surface area contributed by atoms with Crippen LogP contribution in [0.1, 0.15) is 27.2 Å². The fourth-order valence-electron chi connectivity index (χ4n) is 5.62. The first-order valence-electron chi connectivity index (χ1n) is 10.4. The number of fused-ring (bicyclic) bond motifs is 3. The van der Waals surface area contributed by atoms with Gasteiger partial charge in [-0.2, -0.15) is 0 Å². The number of rotatable bonds is 2. The van der Waals surface area contributed by atoms with Crippen molar-refractivity contribution in [3.8, 4) is 0 Å². The maximum atomic E-state index is 13.4. The molecule has 0 aromatic carbocycles. The number of likely N-dealkylation sites (N-methyl/N-ethyl adjacent to an activating group) is 1. The minimum atomic E-state index is -2.59. The number of aliphatic hydroxyl groups excluding tert-OH is 1. The Labute approximate surface area is 185 Å². The second-order valence-electron chi connectivity index (χ2n) is 9.26. The van der Waals surface area contributed by atoms with Crippen molar-refractivity contribution < 1.29 is 34.2 Å². The summed E-state index contributed by atoms with van der Waals surface area (Å²) in [6.45, 7) is 4.39. The van der Waals surface area contributed by atoms with Gasteiger partial charge in [-0.25, -0.2) is 0 Å². The molecule has 0 heterocycles. The summed E-state index contributed by atoms with van der Waals surface area (Å²) in [4.78, 5) is 66.2. The summed E-state index contributed by atoms with van der Waals surface area (Å²) in [5, 5.41) is 22.8. The van der Waals surface area contributed by atoms with E-state index in [1.165, 1.54) is 4.90 Å². The van der Waals surface area contributed by atoms with Gasteiger partial charge < -0.3 is 10.2 Å². The Bertz CT molecular complexity index is 1150. The SMILES string of the molecule is CC(=O)C1C(=O)C(N(C)C)C2CC3=C(C)C4=CC=C(C)C(=O)C4C(=O)C3=C(O)C2(O)C1=O. The lowest BCUT2D eigenvalue weighted by Gasteiger charge is -2.50. The molecule has 0 bridgehead atoms. The van der Waals surface area contributed by atoms with Crippen molar-refractivity contribution >= 4 is 28.9 Å². The summed E-state index contributed by atoms with van der Waals surface area (Å²) in [5.41, 5.74) is -0.939. The average molecular weight is 439 g/mol. The van der Waals surface area contributed by atoms with E-state index < -0.39 is 64.1 Å². The molecule has 0 saturated heterocycles. The van der Waals surface area contributed by atoms with Crippen molar-refractivity contribution in [2.24, 2.45) is 17.8 Å². The van der Waals surface area contributed by atoms with Gasteiger partial charge in [-0.1, -0.05) is 12.2 Å². The number of carbonyl (C=O) groups is 5. The molecule has 4 rings (SSSR count). The number of aliphatic hydroxyl groups is 2. The number of ketones is 5. The summed E-state index contributed by atoms with van der Waals surface area (Å²) < 4.78 is 0. The number of hydrogen-bond donors (Lipinski definition) is 2. The van der Waals surface area contributed by atoms with Crippen molar-refractivity contribution in [3.63, 3.8) is 0 Å². The van der Waals surface area contributed by atoms with Gasteiger partial charge in [0.05, 0.1) is 11.6 Å². The Hall–Kier alpha value is -2.97. The molecule has 32 heavy (non-hydrogen) atoms. The van der Waals surface area contributed by atoms with Gasteiger partial charge in [0.2, 0.25) is 0 Å². The molecular formula is C24H25NO7. The van der Waals surface area contributed by atoms with Gasteiger partial charge in [-0.05, 0) is 63.6 Å². The normalized spacial score (nSPS) is 34.8. The fraction of sp³-hybridized carbons (Fsp3) is 0.458. The summed E-state index contributed by atoms with van der Waals surface area (Å²) in [7, 11) is 3.18. The summed E-state index contributed by atoms with van der Waals surface area (Å²) in [6.07, 6.45) is 3.29. The summed E-state index contributed by atoms with van der Waals surface area (Å²) in [5.74, 6) is -8.46. The third-order valence-electron chi connectivity index (χ3n) is 7.29. The van der Waals surface area contributed by atoms with E-state index >= 15 is 0 Å². The lowest BCUT2D eigenvalue weighted by molar-refractivity contribution is -0.167. The van der Waals surface area contributed by atoms with Gasteiger partial charge >= 0.3 is 0 Å². The maximum absolute atomic E-state index is 13.4. The van der Waals surface area contributed by atoms with E-state index in [0.29, 0.717) is 22.3 Å². The zero-order valence-electron chi connectivity index (χ0n) is 18.6. The van der Waals surface area contributed by atoms with E-state index in [9.17, 15) is 34.2 Å². The Morgan fingerprint density at radius 3 is 2.28 bits per heavy atom. The molecule has 1 saturated carbocycles. The van der Waals surface area contributed by atoms with Crippen LogP contribution in [0.15, 0.2) is 45.8 Å². The van der Waals surface area contributed by atoms with Gasteiger partial charge in [0, 0.05) is 5.92 Å². The number of carbonyl (C=O) groups excluding carboxylic acids is 5. The molecule has 0 amide bonds. The molecular weight excluding hydrogens is 414 g/mol. The lowest BCUT2D eigenvalue weighted by atomic mass is 9.56. The molecule has 0 spiro atoms. The first-order valence-corrected chi connectivity index (χ1v) is 10.4. The third kappa shape index (κ3) is 2.59. The standard InChI is InChI=1S/C24H25NO7/c1-9-6-7-12-10(2)13-8-14-18(25(4)5)21(29)15(11(3)26)22(30)24(14,32)23(31)17(13)20(28)16(12)19(9)27/h6-7,14-16,18,31-32H,8H2,1-5H3. The van der Waals surface area contributed by atoms with Crippen LogP contribution in [-0.2, 0) is 24.0 Å². The van der Waals surface area contributed by atoms with E-state index in [0.717, 1.165) is 6.92 Å². The quantitative estimate of drug-likeness (QED) is 0.605. The zero-order valence-corrected chi connectivity index (χ0v) is 18.6. The minimum absolute atomic E-state index is 0.0423. The van der Waals surface area contributed by atoms with Crippen LogP contribution in [-0.4, -0.2) is 69.8 Å². The van der Waals surface area contributed by atoms with Crippen molar-refractivity contribution in [1.29, 1.82) is 0 Å². The Balaban J connectivity index is 2.01. The first kappa shape index (κ1) is 22.2. The van der Waals surface area contributed by atoms with E-state index in [4.69, 9.17) is 0 Å². The van der Waals surface area contributed by atoms with Gasteiger partial charge in [0.1, 0.15) is 23.4 Å². The van der Waals surface area contributed by atoms with Crippen LogP contribution < -0.4 is 0 Å². The lowest BCUT2D eigenvalue weighted by Crippen LogP contribution is -2.68. The van der Waals surface area contributed by atoms with Crippen molar-refractivity contribution in [2.75, 3.05) is 14.1 Å². The van der Waals surface area contributed by atoms with Crippen molar-refractivity contribution in [3.05, 3.63) is 45.8 Å². The van der Waals surface area contributed by atoms with E-state index in [1.807, 2.05) is 0 Å². The highest BCUT2D eigenvalue weighted by molar-refractivity contribution is 6.27. The second kappa shape index (κ2) is 7.02. The number of allylic oxidation sites excluding steroid dienone is 7. The smallest absolute Gasteiger partial charge is 0.190 e. The van der Waals surface area contributed by atoms with Crippen LogP contribution in [0, 0.1) is 17.8 Å². The van der Waals surface area contributed by atoms with Crippen LogP contribution in [0.4, 0.5) is 0 Å². The predicted octanol–water partition coefficient (Wildman–Crippen LogP) is 0.807. The minimum Gasteiger partial charge on any atom is -0.508 e.